The molecule has 0 aliphatic carbocycles. The van der Waals surface area contributed by atoms with Crippen molar-refractivity contribution >= 4 is 9.84 Å². The second kappa shape index (κ2) is 8.88. The van der Waals surface area contributed by atoms with Crippen LogP contribution in [0.5, 0.6) is 0 Å². The fourth-order valence-corrected chi connectivity index (χ4v) is 3.96. The second-order valence-corrected chi connectivity index (χ2v) is 7.93. The van der Waals surface area contributed by atoms with Crippen molar-refractivity contribution in [1.82, 2.24) is 0 Å². The number of rotatable bonds is 9. The van der Waals surface area contributed by atoms with Crippen LogP contribution < -0.4 is 0 Å². The number of hydrogen-bond donors (Lipinski definition) is 0. The summed E-state index contributed by atoms with van der Waals surface area (Å²) in [4.78, 5) is 0.721. The largest absolute Gasteiger partial charge is 0.219 e. The molecule has 2 aromatic carbocycles. The minimum absolute atomic E-state index is 0.351. The van der Waals surface area contributed by atoms with Gasteiger partial charge in [-0.3, -0.25) is 0 Å². The fraction of sp³-hybridized carbons (Fsp3) is 0.400. The maximum atomic E-state index is 12.5. The SMILES string of the molecule is CCCCCCCCc1ccc(S(=O)(=O)c2ccccc2)cc1. The Balaban J connectivity index is 1.92. The number of sulfone groups is 1. The molecule has 2 nitrogen and oxygen atoms in total. The van der Waals surface area contributed by atoms with Crippen molar-refractivity contribution in [3.63, 3.8) is 0 Å². The molecule has 0 saturated heterocycles. The highest BCUT2D eigenvalue weighted by molar-refractivity contribution is 7.91. The van der Waals surface area contributed by atoms with Crippen LogP contribution in [0.25, 0.3) is 0 Å². The van der Waals surface area contributed by atoms with E-state index in [1.54, 1.807) is 36.4 Å². The molecule has 0 aliphatic heterocycles. The molecule has 0 saturated carbocycles. The Bertz CT molecular complexity index is 673. The zero-order valence-corrected chi connectivity index (χ0v) is 14.7. The van der Waals surface area contributed by atoms with Crippen LogP contribution in [-0.4, -0.2) is 8.42 Å². The van der Waals surface area contributed by atoms with Crippen molar-refractivity contribution < 1.29 is 8.42 Å². The summed E-state index contributed by atoms with van der Waals surface area (Å²) in [6.07, 6.45) is 8.68. The third-order valence-corrected chi connectivity index (χ3v) is 5.89. The molecular formula is C20H26O2S. The van der Waals surface area contributed by atoms with Gasteiger partial charge in [-0.05, 0) is 42.7 Å². The molecule has 124 valence electrons. The average molecular weight is 330 g/mol. The van der Waals surface area contributed by atoms with Crippen molar-refractivity contribution in [1.29, 1.82) is 0 Å². The molecule has 0 radical (unpaired) electrons. The normalized spacial score (nSPS) is 11.5. The van der Waals surface area contributed by atoms with E-state index in [0.29, 0.717) is 9.79 Å². The van der Waals surface area contributed by atoms with Crippen molar-refractivity contribution in [2.45, 2.75) is 61.7 Å². The van der Waals surface area contributed by atoms with E-state index in [0.717, 1.165) is 6.42 Å². The first-order chi connectivity index (χ1) is 11.1. The van der Waals surface area contributed by atoms with E-state index in [4.69, 9.17) is 0 Å². The van der Waals surface area contributed by atoms with Crippen LogP contribution in [0.1, 0.15) is 51.0 Å². The molecule has 2 rings (SSSR count). The molecule has 0 heterocycles. The highest BCUT2D eigenvalue weighted by Crippen LogP contribution is 2.21. The van der Waals surface area contributed by atoms with Gasteiger partial charge in [-0.2, -0.15) is 0 Å². The molecule has 0 unspecified atom stereocenters. The molecule has 0 N–H and O–H groups in total. The predicted octanol–water partition coefficient (Wildman–Crippen LogP) is 5.42. The van der Waals surface area contributed by atoms with E-state index in [9.17, 15) is 8.42 Å². The number of benzene rings is 2. The van der Waals surface area contributed by atoms with Crippen molar-refractivity contribution in [2.75, 3.05) is 0 Å². The molecule has 0 aliphatic rings. The monoisotopic (exact) mass is 330 g/mol. The first kappa shape index (κ1) is 17.7. The number of aryl methyl sites for hydroxylation is 1. The van der Waals surface area contributed by atoms with Crippen LogP contribution in [0.3, 0.4) is 0 Å². The van der Waals surface area contributed by atoms with E-state index in [1.807, 2.05) is 18.2 Å². The van der Waals surface area contributed by atoms with Crippen molar-refractivity contribution in [3.05, 3.63) is 60.2 Å². The molecule has 0 atom stereocenters. The van der Waals surface area contributed by atoms with Crippen LogP contribution in [0, 0.1) is 0 Å². The van der Waals surface area contributed by atoms with Gasteiger partial charge in [0.2, 0.25) is 9.84 Å². The van der Waals surface area contributed by atoms with Crippen LogP contribution >= 0.6 is 0 Å². The minimum Gasteiger partial charge on any atom is -0.219 e. The molecule has 2 aromatic rings. The zero-order chi connectivity index (χ0) is 16.5. The Morgan fingerprint density at radius 3 is 1.91 bits per heavy atom. The van der Waals surface area contributed by atoms with Crippen LogP contribution in [0.4, 0.5) is 0 Å². The van der Waals surface area contributed by atoms with Gasteiger partial charge in [0.15, 0.2) is 0 Å². The quantitative estimate of drug-likeness (QED) is 0.575. The summed E-state index contributed by atoms with van der Waals surface area (Å²) in [7, 11) is -3.39. The third kappa shape index (κ3) is 5.21. The van der Waals surface area contributed by atoms with Crippen LogP contribution in [0.2, 0.25) is 0 Å². The predicted molar refractivity (Wildman–Crippen MR) is 95.4 cm³/mol. The summed E-state index contributed by atoms with van der Waals surface area (Å²) in [6, 6.07) is 16.0. The molecule has 0 aromatic heterocycles. The first-order valence-electron chi connectivity index (χ1n) is 8.53. The number of hydrogen-bond acceptors (Lipinski definition) is 2. The summed E-state index contributed by atoms with van der Waals surface area (Å²) in [6.45, 7) is 2.23. The highest BCUT2D eigenvalue weighted by atomic mass is 32.2. The summed E-state index contributed by atoms with van der Waals surface area (Å²) in [5.74, 6) is 0. The maximum absolute atomic E-state index is 12.5. The smallest absolute Gasteiger partial charge is 0.206 e. The summed E-state index contributed by atoms with van der Waals surface area (Å²) in [5.41, 5.74) is 1.22. The molecule has 0 amide bonds. The average Bonchev–Trinajstić information content (AvgIpc) is 2.59. The van der Waals surface area contributed by atoms with E-state index in [1.165, 1.54) is 44.1 Å². The highest BCUT2D eigenvalue weighted by Gasteiger charge is 2.16. The first-order valence-corrected chi connectivity index (χ1v) is 10.0. The Kier molecular flexibility index (Phi) is 6.85. The van der Waals surface area contributed by atoms with Crippen LogP contribution in [0.15, 0.2) is 64.4 Å². The fourth-order valence-electron chi connectivity index (χ4n) is 2.68. The summed E-state index contributed by atoms with van der Waals surface area (Å²) < 4.78 is 25.0. The van der Waals surface area contributed by atoms with Gasteiger partial charge in [0.05, 0.1) is 9.79 Å². The second-order valence-electron chi connectivity index (χ2n) is 5.98. The minimum atomic E-state index is -3.39. The van der Waals surface area contributed by atoms with Gasteiger partial charge < -0.3 is 0 Å². The lowest BCUT2D eigenvalue weighted by atomic mass is 10.1. The zero-order valence-electron chi connectivity index (χ0n) is 13.9. The summed E-state index contributed by atoms with van der Waals surface area (Å²) >= 11 is 0. The Hall–Kier alpha value is -1.61. The molecule has 3 heteroatoms. The van der Waals surface area contributed by atoms with Gasteiger partial charge in [0, 0.05) is 0 Å². The Morgan fingerprint density at radius 2 is 1.26 bits per heavy atom. The summed E-state index contributed by atoms with van der Waals surface area (Å²) in [5, 5.41) is 0. The standard InChI is InChI=1S/C20H26O2S/c1-2-3-4-5-6-8-11-18-14-16-20(17-15-18)23(21,22)19-12-9-7-10-13-19/h7,9-10,12-17H,2-6,8,11H2,1H3. The molecular weight excluding hydrogens is 304 g/mol. The van der Waals surface area contributed by atoms with Gasteiger partial charge >= 0.3 is 0 Å². The topological polar surface area (TPSA) is 34.1 Å². The van der Waals surface area contributed by atoms with Crippen molar-refractivity contribution in [3.8, 4) is 0 Å². The van der Waals surface area contributed by atoms with Gasteiger partial charge in [-0.1, -0.05) is 69.4 Å². The lowest BCUT2D eigenvalue weighted by Gasteiger charge is -2.06. The Morgan fingerprint density at radius 1 is 0.696 bits per heavy atom. The Labute approximate surface area is 140 Å². The number of unbranched alkanes of at least 4 members (excludes halogenated alkanes) is 5. The van der Waals surface area contributed by atoms with E-state index < -0.39 is 9.84 Å². The van der Waals surface area contributed by atoms with Crippen LogP contribution in [-0.2, 0) is 16.3 Å². The van der Waals surface area contributed by atoms with Gasteiger partial charge in [-0.25, -0.2) is 8.42 Å². The third-order valence-electron chi connectivity index (χ3n) is 4.11. The molecule has 0 spiro atoms. The molecule has 0 bridgehead atoms. The lowest BCUT2D eigenvalue weighted by molar-refractivity contribution is 0.596. The molecule has 0 fully saturated rings. The van der Waals surface area contributed by atoms with E-state index in [-0.39, 0.29) is 0 Å². The van der Waals surface area contributed by atoms with Gasteiger partial charge in [0.1, 0.15) is 0 Å². The van der Waals surface area contributed by atoms with Gasteiger partial charge in [-0.15, -0.1) is 0 Å². The van der Waals surface area contributed by atoms with Gasteiger partial charge in [0.25, 0.3) is 0 Å². The molecule has 23 heavy (non-hydrogen) atoms. The van der Waals surface area contributed by atoms with E-state index in [2.05, 4.69) is 6.92 Å². The lowest BCUT2D eigenvalue weighted by Crippen LogP contribution is -2.01. The van der Waals surface area contributed by atoms with Crippen molar-refractivity contribution in [2.24, 2.45) is 0 Å². The van der Waals surface area contributed by atoms with E-state index >= 15 is 0 Å². The maximum Gasteiger partial charge on any atom is 0.206 e.